The Morgan fingerprint density at radius 1 is 1.50 bits per heavy atom. The molecule has 1 aliphatic heterocycles. The Balaban J connectivity index is 2.21. The third-order valence-electron chi connectivity index (χ3n) is 3.36. The Kier molecular flexibility index (Phi) is 4.07. The third-order valence-corrected chi connectivity index (χ3v) is 5.46. The fraction of sp³-hybridized carbons (Fsp3) is 0.462. The van der Waals surface area contributed by atoms with Crippen molar-refractivity contribution in [1.29, 1.82) is 5.26 Å². The van der Waals surface area contributed by atoms with Crippen molar-refractivity contribution in [1.82, 2.24) is 4.31 Å². The molecular formula is C13H15ClN2O3S. The van der Waals surface area contributed by atoms with Crippen LogP contribution in [0, 0.1) is 11.3 Å². The molecule has 0 aliphatic carbocycles. The molecule has 0 bridgehead atoms. The van der Waals surface area contributed by atoms with E-state index in [9.17, 15) is 13.5 Å². The SMILES string of the molecule is CCCC1(O)CN(S(=O)(=O)c2ccc(C#N)c(Cl)c2)C1. The quantitative estimate of drug-likeness (QED) is 0.918. The molecule has 1 aromatic rings. The lowest BCUT2D eigenvalue weighted by Crippen LogP contribution is -2.63. The number of nitrogens with zero attached hydrogens (tertiary/aromatic N) is 2. The second kappa shape index (κ2) is 5.34. The van der Waals surface area contributed by atoms with Crippen LogP contribution in [0.15, 0.2) is 23.1 Å². The molecule has 2 rings (SSSR count). The maximum Gasteiger partial charge on any atom is 0.243 e. The maximum absolute atomic E-state index is 12.3. The second-order valence-corrected chi connectivity index (χ2v) is 7.35. The monoisotopic (exact) mass is 314 g/mol. The summed E-state index contributed by atoms with van der Waals surface area (Å²) in [6, 6.07) is 5.89. The number of sulfonamides is 1. The number of hydrogen-bond acceptors (Lipinski definition) is 4. The Hall–Kier alpha value is -1.13. The van der Waals surface area contributed by atoms with Gasteiger partial charge in [0.2, 0.25) is 10.0 Å². The molecule has 5 nitrogen and oxygen atoms in total. The summed E-state index contributed by atoms with van der Waals surface area (Å²) < 4.78 is 25.9. The fourth-order valence-electron chi connectivity index (χ4n) is 2.30. The van der Waals surface area contributed by atoms with E-state index >= 15 is 0 Å². The summed E-state index contributed by atoms with van der Waals surface area (Å²) >= 11 is 5.85. The van der Waals surface area contributed by atoms with E-state index in [0.29, 0.717) is 6.42 Å². The highest BCUT2D eigenvalue weighted by Gasteiger charge is 2.46. The van der Waals surface area contributed by atoms with Gasteiger partial charge in [0.05, 0.1) is 21.1 Å². The number of rotatable bonds is 4. The molecule has 7 heteroatoms. The van der Waals surface area contributed by atoms with Crippen molar-refractivity contribution in [3.8, 4) is 6.07 Å². The Morgan fingerprint density at radius 3 is 2.65 bits per heavy atom. The first kappa shape index (κ1) is 15.3. The van der Waals surface area contributed by atoms with E-state index in [4.69, 9.17) is 16.9 Å². The minimum atomic E-state index is -3.66. The van der Waals surface area contributed by atoms with Gasteiger partial charge in [0.25, 0.3) is 0 Å². The molecule has 0 saturated carbocycles. The normalized spacial score (nSPS) is 18.3. The van der Waals surface area contributed by atoms with Gasteiger partial charge >= 0.3 is 0 Å². The predicted octanol–water partition coefficient (Wildman–Crippen LogP) is 1.75. The molecule has 1 aliphatic rings. The predicted molar refractivity (Wildman–Crippen MR) is 74.8 cm³/mol. The highest BCUT2D eigenvalue weighted by Crippen LogP contribution is 2.32. The van der Waals surface area contributed by atoms with E-state index in [1.54, 1.807) is 0 Å². The molecule has 108 valence electrons. The van der Waals surface area contributed by atoms with Crippen LogP contribution in [0.5, 0.6) is 0 Å². The summed E-state index contributed by atoms with van der Waals surface area (Å²) in [6.07, 6.45) is 1.38. The fourth-order valence-corrected chi connectivity index (χ4v) is 4.21. The molecule has 0 amide bonds. The first-order valence-corrected chi connectivity index (χ1v) is 8.06. The highest BCUT2D eigenvalue weighted by atomic mass is 35.5. The molecule has 1 heterocycles. The minimum absolute atomic E-state index is 0.0417. The topological polar surface area (TPSA) is 81.4 Å². The summed E-state index contributed by atoms with van der Waals surface area (Å²) in [6.45, 7) is 2.14. The molecule has 0 aromatic heterocycles. The largest absolute Gasteiger partial charge is 0.387 e. The number of halogens is 1. The number of aliphatic hydroxyl groups is 1. The van der Waals surface area contributed by atoms with E-state index in [1.807, 2.05) is 13.0 Å². The van der Waals surface area contributed by atoms with Crippen molar-refractivity contribution in [2.75, 3.05) is 13.1 Å². The zero-order valence-corrected chi connectivity index (χ0v) is 12.6. The summed E-state index contributed by atoms with van der Waals surface area (Å²) in [5.41, 5.74) is -0.685. The van der Waals surface area contributed by atoms with Gasteiger partial charge in [0.15, 0.2) is 0 Å². The Labute approximate surface area is 123 Å². The van der Waals surface area contributed by atoms with Gasteiger partial charge in [-0.25, -0.2) is 8.42 Å². The molecule has 0 atom stereocenters. The van der Waals surface area contributed by atoms with Gasteiger partial charge in [0, 0.05) is 13.1 Å². The molecule has 0 spiro atoms. The van der Waals surface area contributed by atoms with E-state index < -0.39 is 15.6 Å². The third kappa shape index (κ3) is 2.67. The van der Waals surface area contributed by atoms with Crippen LogP contribution >= 0.6 is 11.6 Å². The van der Waals surface area contributed by atoms with E-state index in [0.717, 1.165) is 6.42 Å². The van der Waals surface area contributed by atoms with Gasteiger partial charge in [-0.1, -0.05) is 24.9 Å². The van der Waals surface area contributed by atoms with Gasteiger partial charge in [0.1, 0.15) is 6.07 Å². The molecule has 1 aromatic carbocycles. The van der Waals surface area contributed by atoms with Crippen LogP contribution in [0.1, 0.15) is 25.3 Å². The van der Waals surface area contributed by atoms with Gasteiger partial charge in [-0.05, 0) is 24.6 Å². The smallest absolute Gasteiger partial charge is 0.243 e. The lowest BCUT2D eigenvalue weighted by atomic mass is 9.92. The van der Waals surface area contributed by atoms with Crippen molar-refractivity contribution in [3.05, 3.63) is 28.8 Å². The molecule has 1 N–H and O–H groups in total. The Morgan fingerprint density at radius 2 is 2.15 bits per heavy atom. The zero-order chi connectivity index (χ0) is 15.0. The summed E-state index contributed by atoms with van der Waals surface area (Å²) in [4.78, 5) is 0.0417. The lowest BCUT2D eigenvalue weighted by molar-refractivity contribution is -0.0653. The number of β-amino-alcohol motifs (C(OH)–C–C–N with tert-alkyl or cyclic N) is 1. The van der Waals surface area contributed by atoms with Crippen LogP contribution < -0.4 is 0 Å². The Bertz CT molecular complexity index is 661. The molecule has 1 fully saturated rings. The van der Waals surface area contributed by atoms with Crippen LogP contribution in [0.3, 0.4) is 0 Å². The number of hydrogen-bond donors (Lipinski definition) is 1. The average molecular weight is 315 g/mol. The van der Waals surface area contributed by atoms with Crippen LogP contribution in [0.2, 0.25) is 5.02 Å². The summed E-state index contributed by atoms with van der Waals surface area (Å²) in [7, 11) is -3.66. The van der Waals surface area contributed by atoms with Crippen molar-refractivity contribution in [2.45, 2.75) is 30.3 Å². The van der Waals surface area contributed by atoms with E-state index in [1.165, 1.54) is 22.5 Å². The molecule has 0 radical (unpaired) electrons. The van der Waals surface area contributed by atoms with Crippen LogP contribution in [-0.4, -0.2) is 36.5 Å². The van der Waals surface area contributed by atoms with Crippen molar-refractivity contribution in [3.63, 3.8) is 0 Å². The average Bonchev–Trinajstić information content (AvgIpc) is 2.36. The highest BCUT2D eigenvalue weighted by molar-refractivity contribution is 7.89. The summed E-state index contributed by atoms with van der Waals surface area (Å²) in [5, 5.41) is 18.9. The first-order valence-electron chi connectivity index (χ1n) is 6.24. The first-order chi connectivity index (χ1) is 9.32. The summed E-state index contributed by atoms with van der Waals surface area (Å²) in [5.74, 6) is 0. The minimum Gasteiger partial charge on any atom is -0.387 e. The van der Waals surface area contributed by atoms with Crippen LogP contribution in [0.4, 0.5) is 0 Å². The van der Waals surface area contributed by atoms with Crippen LogP contribution in [0.25, 0.3) is 0 Å². The van der Waals surface area contributed by atoms with Crippen molar-refractivity contribution in [2.24, 2.45) is 0 Å². The van der Waals surface area contributed by atoms with Gasteiger partial charge in [-0.2, -0.15) is 9.57 Å². The maximum atomic E-state index is 12.3. The number of benzene rings is 1. The standard InChI is InChI=1S/C13H15ClN2O3S/c1-2-5-13(17)8-16(9-13)20(18,19)11-4-3-10(7-15)12(14)6-11/h3-4,6,17H,2,5,8-9H2,1H3. The van der Waals surface area contributed by atoms with Crippen LogP contribution in [-0.2, 0) is 10.0 Å². The van der Waals surface area contributed by atoms with E-state index in [2.05, 4.69) is 0 Å². The van der Waals surface area contributed by atoms with Gasteiger partial charge < -0.3 is 5.11 Å². The van der Waals surface area contributed by atoms with Crippen molar-refractivity contribution >= 4 is 21.6 Å². The number of nitriles is 1. The van der Waals surface area contributed by atoms with Gasteiger partial charge in [-0.3, -0.25) is 0 Å². The van der Waals surface area contributed by atoms with Gasteiger partial charge in [-0.15, -0.1) is 0 Å². The molecular weight excluding hydrogens is 300 g/mol. The molecule has 20 heavy (non-hydrogen) atoms. The second-order valence-electron chi connectivity index (χ2n) is 5.00. The van der Waals surface area contributed by atoms with E-state index in [-0.39, 0.29) is 28.6 Å². The molecule has 0 unspecified atom stereocenters. The van der Waals surface area contributed by atoms with Crippen molar-refractivity contribution < 1.29 is 13.5 Å². The molecule has 1 saturated heterocycles. The zero-order valence-electron chi connectivity index (χ0n) is 11.0. The lowest BCUT2D eigenvalue weighted by Gasteiger charge is -2.45.